The van der Waals surface area contributed by atoms with Crippen LogP contribution < -0.4 is 20.5 Å². The molecule has 3 aliphatic heterocycles. The highest BCUT2D eigenvalue weighted by molar-refractivity contribution is 9.11. The Bertz CT molecular complexity index is 2790. The maximum absolute atomic E-state index is 12.0. The second-order valence-electron chi connectivity index (χ2n) is 18.4. The van der Waals surface area contributed by atoms with Gasteiger partial charge < -0.3 is 54.9 Å². The second-order valence-corrected chi connectivity index (χ2v) is 28.6. The molecule has 2 N–H and O–H groups in total. The van der Waals surface area contributed by atoms with Crippen molar-refractivity contribution in [3.8, 4) is 24.2 Å². The third-order valence-corrected chi connectivity index (χ3v) is 23.9. The Kier molecular flexibility index (Phi) is 22.1. The molecule has 6 aromatic carbocycles. The zero-order chi connectivity index (χ0) is 54.1. The molecule has 6 aromatic rings. The van der Waals surface area contributed by atoms with E-state index >= 15 is 0 Å². The van der Waals surface area contributed by atoms with Crippen LogP contribution >= 0.6 is 47.8 Å². The lowest BCUT2D eigenvalue weighted by Gasteiger charge is -2.36. The Hall–Kier alpha value is -4.15. The van der Waals surface area contributed by atoms with E-state index in [1.165, 1.54) is 5.56 Å². The zero-order valence-corrected chi connectivity index (χ0v) is 50.8. The van der Waals surface area contributed by atoms with Crippen molar-refractivity contribution in [3.63, 3.8) is 0 Å². The molecular weight excluding hydrogens is 1220 g/mol. The van der Waals surface area contributed by atoms with Gasteiger partial charge in [0.25, 0.3) is 0 Å². The molecule has 3 heterocycles. The fourth-order valence-electron chi connectivity index (χ4n) is 8.70. The molecule has 3 aliphatic rings. The molecule has 6 atom stereocenters. The second kappa shape index (κ2) is 28.8. The molecule has 0 radical (unpaired) electrons. The third kappa shape index (κ3) is 16.9. The molecule has 0 aromatic heterocycles. The zero-order valence-electron chi connectivity index (χ0n) is 43.0. The first kappa shape index (κ1) is 59.0. The summed E-state index contributed by atoms with van der Waals surface area (Å²) in [6.07, 6.45) is 3.53. The maximum Gasteiger partial charge on any atom is 0.527 e. The molecule has 3 fully saturated rings. The standard InChI is InChI=1S/C35H40N2O4.C23H23Br3O7Si3/c1-2-31-8-10-32(11-9-31)12-13-33-14-16-35(17-15-33)37-20-24-40-28-26-38-22-18-36(30-34-6-4-3-5-7-34)19-23-39-27-29-41-25-21-37;1-15-23-16(2)30-35(28,21-11-5-18(25)6-12-21)33-36(31-23,22-13-7-19(26)8-14-22)32-34(27,29-15)20-9-3-17(24)4-10-20/h1,3-11,14-17H,18-30H2;3-16,23,27-28H,1-2H3/t;15-,16+,23?,34?,35?,36?. The highest BCUT2D eigenvalue weighted by Gasteiger charge is 2.67. The van der Waals surface area contributed by atoms with Crippen LogP contribution in [0, 0.1) is 24.2 Å². The van der Waals surface area contributed by atoms with Crippen molar-refractivity contribution < 1.29 is 50.0 Å². The van der Waals surface area contributed by atoms with Crippen LogP contribution in [0.5, 0.6) is 0 Å². The first-order valence-corrected chi connectivity index (χ1v) is 33.1. The molecule has 0 aliphatic carbocycles. The van der Waals surface area contributed by atoms with Crippen LogP contribution in [-0.4, -0.2) is 138 Å². The minimum absolute atomic E-state index is 0.502. The summed E-state index contributed by atoms with van der Waals surface area (Å²) in [6, 6.07) is 48.1. The van der Waals surface area contributed by atoms with Gasteiger partial charge in [-0.1, -0.05) is 132 Å². The van der Waals surface area contributed by atoms with Crippen molar-refractivity contribution in [2.45, 2.75) is 38.7 Å². The van der Waals surface area contributed by atoms with Crippen molar-refractivity contribution >= 4 is 95.5 Å². The van der Waals surface area contributed by atoms with E-state index in [0.29, 0.717) is 68.4 Å². The molecule has 13 nitrogen and oxygen atoms in total. The number of hydrogen-bond donors (Lipinski definition) is 2. The predicted molar refractivity (Wildman–Crippen MR) is 315 cm³/mol. The van der Waals surface area contributed by atoms with Crippen molar-refractivity contribution in [2.24, 2.45) is 0 Å². The number of benzene rings is 6. The molecular formula is C58H63Br3N2O11Si3. The molecule has 9 rings (SSSR count). The fraction of sp³-hybridized carbons (Fsp3) is 0.310. The summed E-state index contributed by atoms with van der Waals surface area (Å²) < 4.78 is 58.4. The summed E-state index contributed by atoms with van der Waals surface area (Å²) in [5.41, 5.74) is 5.16. The Morgan fingerprint density at radius 3 is 1.34 bits per heavy atom. The van der Waals surface area contributed by atoms with Crippen LogP contribution in [-0.2, 0) is 47.0 Å². The number of fused-ring (bicyclic) bond motifs is 2. The van der Waals surface area contributed by atoms with Gasteiger partial charge in [0.15, 0.2) is 0 Å². The molecule has 2 bridgehead atoms. The van der Waals surface area contributed by atoms with Crippen LogP contribution in [0.4, 0.5) is 5.69 Å². The normalized spacial score (nSPS) is 25.2. The molecule has 4 unspecified atom stereocenters. The summed E-state index contributed by atoms with van der Waals surface area (Å²) >= 11 is 10.3. The number of ether oxygens (including phenoxy) is 4. The number of terminal acetylenes is 1. The largest absolute Gasteiger partial charge is 0.527 e. The third-order valence-electron chi connectivity index (χ3n) is 12.8. The SMILES string of the molecule is C#Cc1ccc(C#Cc2ccc(N3CCOCCOCCN(Cc4ccccc4)CCOCCOCC3)cc2)cc1.C[C@@H]1O[Si](O)(c2ccc(Br)cc2)O[Si]2(c3ccc(Br)cc3)OC1[C@@H](C)O[Si](O)(c1ccc(Br)cc1)O2. The molecule has 0 spiro atoms. The van der Waals surface area contributed by atoms with Gasteiger partial charge in [-0.15, -0.1) is 6.42 Å². The van der Waals surface area contributed by atoms with Gasteiger partial charge in [0.1, 0.15) is 0 Å². The van der Waals surface area contributed by atoms with Crippen LogP contribution in [0.15, 0.2) is 165 Å². The van der Waals surface area contributed by atoms with Gasteiger partial charge in [-0.05, 0) is 104 Å². The summed E-state index contributed by atoms with van der Waals surface area (Å²) in [5, 5.41) is 1.59. The lowest BCUT2D eigenvalue weighted by atomic mass is 10.1. The number of nitrogens with zero attached hydrogens (tertiary/aromatic N) is 2. The van der Waals surface area contributed by atoms with Crippen molar-refractivity contribution in [3.05, 3.63) is 187 Å². The number of hydrogen-bond acceptors (Lipinski definition) is 13. The monoisotopic (exact) mass is 1280 g/mol. The number of halogens is 3. The summed E-state index contributed by atoms with van der Waals surface area (Å²) in [5.74, 6) is 9.06. The van der Waals surface area contributed by atoms with Gasteiger partial charge >= 0.3 is 26.4 Å². The van der Waals surface area contributed by atoms with Gasteiger partial charge in [0, 0.05) is 84.1 Å². The van der Waals surface area contributed by atoms with E-state index in [4.69, 9.17) is 46.9 Å². The van der Waals surface area contributed by atoms with Crippen molar-refractivity contribution in [2.75, 3.05) is 83.9 Å². The molecule has 404 valence electrons. The van der Waals surface area contributed by atoms with E-state index < -0.39 is 44.7 Å². The maximum atomic E-state index is 12.0. The molecule has 77 heavy (non-hydrogen) atoms. The average molecular weight is 1290 g/mol. The summed E-state index contributed by atoms with van der Waals surface area (Å²) in [4.78, 5) is 28.6. The summed E-state index contributed by atoms with van der Waals surface area (Å²) in [7, 11) is -12.3. The van der Waals surface area contributed by atoms with Crippen LogP contribution in [0.3, 0.4) is 0 Å². The Balaban J connectivity index is 0.000000205. The molecule has 0 saturated carbocycles. The smallest absolute Gasteiger partial charge is 0.387 e. The Morgan fingerprint density at radius 1 is 0.494 bits per heavy atom. The lowest BCUT2D eigenvalue weighted by molar-refractivity contribution is -0.0170. The molecule has 3 saturated heterocycles. The summed E-state index contributed by atoms with van der Waals surface area (Å²) in [6.45, 7) is 12.6. The van der Waals surface area contributed by atoms with E-state index in [1.54, 1.807) is 24.3 Å². The Labute approximate surface area is 481 Å². The van der Waals surface area contributed by atoms with Crippen LogP contribution in [0.25, 0.3) is 0 Å². The van der Waals surface area contributed by atoms with E-state index in [0.717, 1.165) is 68.5 Å². The fourth-order valence-corrected chi connectivity index (χ4v) is 19.8. The minimum atomic E-state index is -4.10. The molecule has 19 heteroatoms. The van der Waals surface area contributed by atoms with Gasteiger partial charge in [0.2, 0.25) is 0 Å². The average Bonchev–Trinajstić information content (AvgIpc) is 3.63. The van der Waals surface area contributed by atoms with Gasteiger partial charge in [-0.25, -0.2) is 0 Å². The van der Waals surface area contributed by atoms with Gasteiger partial charge in [-0.3, -0.25) is 4.90 Å². The quantitative estimate of drug-likeness (QED) is 0.126. The lowest BCUT2D eigenvalue weighted by Crippen LogP contribution is -2.71. The highest BCUT2D eigenvalue weighted by Crippen LogP contribution is 2.35. The number of anilines is 1. The van der Waals surface area contributed by atoms with E-state index in [-0.39, 0.29) is 0 Å². The van der Waals surface area contributed by atoms with Crippen LogP contribution in [0.2, 0.25) is 0 Å². The Morgan fingerprint density at radius 2 is 0.896 bits per heavy atom. The molecule has 0 amide bonds. The van der Waals surface area contributed by atoms with Gasteiger partial charge in [0.05, 0.1) is 71.2 Å². The topological polar surface area (TPSA) is 130 Å². The van der Waals surface area contributed by atoms with E-state index in [1.807, 2.05) is 105 Å². The van der Waals surface area contributed by atoms with E-state index in [9.17, 15) is 9.59 Å². The predicted octanol–water partition coefficient (Wildman–Crippen LogP) is 7.51. The van der Waals surface area contributed by atoms with Crippen molar-refractivity contribution in [1.82, 2.24) is 4.90 Å². The first-order valence-electron chi connectivity index (χ1n) is 25.5. The number of rotatable bonds is 6. The van der Waals surface area contributed by atoms with Gasteiger partial charge in [-0.2, -0.15) is 0 Å². The van der Waals surface area contributed by atoms with E-state index in [2.05, 4.69) is 112 Å². The van der Waals surface area contributed by atoms with Crippen molar-refractivity contribution in [1.29, 1.82) is 0 Å². The highest BCUT2D eigenvalue weighted by atomic mass is 79.9. The van der Waals surface area contributed by atoms with Crippen LogP contribution in [0.1, 0.15) is 36.1 Å². The minimum Gasteiger partial charge on any atom is -0.387 e. The first-order chi connectivity index (χ1) is 37.3.